The second-order valence-electron chi connectivity index (χ2n) is 9.25. The molecule has 5 rings (SSSR count). The van der Waals surface area contributed by atoms with E-state index < -0.39 is 0 Å². The number of likely N-dealkylation sites (N-methyl/N-ethyl adjacent to an activating group) is 1. The van der Waals surface area contributed by atoms with Crippen LogP contribution >= 0.6 is 11.8 Å². The second-order valence-corrected chi connectivity index (χ2v) is 10.2. The summed E-state index contributed by atoms with van der Waals surface area (Å²) >= 11 is 1.44. The largest absolute Gasteiger partial charge is 0.461 e. The molecule has 2 aliphatic rings. The topological polar surface area (TPSA) is 79.4 Å². The lowest BCUT2D eigenvalue weighted by Gasteiger charge is -2.35. The van der Waals surface area contributed by atoms with Crippen molar-refractivity contribution < 1.29 is 9.21 Å². The van der Waals surface area contributed by atoms with E-state index in [-0.39, 0.29) is 11.7 Å². The van der Waals surface area contributed by atoms with Gasteiger partial charge in [0, 0.05) is 43.6 Å². The first-order valence-electron chi connectivity index (χ1n) is 12.7. The highest BCUT2D eigenvalue weighted by Gasteiger charge is 2.25. The van der Waals surface area contributed by atoms with E-state index in [0.717, 1.165) is 68.0 Å². The molecule has 35 heavy (non-hydrogen) atoms. The van der Waals surface area contributed by atoms with Crippen LogP contribution < -0.4 is 10.2 Å². The number of nitrogens with one attached hydrogen (secondary N) is 1. The summed E-state index contributed by atoms with van der Waals surface area (Å²) in [6, 6.07) is 12.3. The molecule has 0 atom stereocenters. The van der Waals surface area contributed by atoms with Crippen LogP contribution in [-0.4, -0.2) is 64.0 Å². The molecular formula is C26H34N6O2S. The zero-order valence-electron chi connectivity index (χ0n) is 20.4. The number of thioether (sulfide) groups is 1. The van der Waals surface area contributed by atoms with E-state index in [1.165, 1.54) is 36.7 Å². The van der Waals surface area contributed by atoms with Gasteiger partial charge in [0.25, 0.3) is 0 Å². The van der Waals surface area contributed by atoms with Gasteiger partial charge >= 0.3 is 0 Å². The number of nitrogens with zero attached hydrogens (tertiary/aromatic N) is 5. The van der Waals surface area contributed by atoms with Crippen LogP contribution in [0.2, 0.25) is 0 Å². The average molecular weight is 495 g/mol. The smallest absolute Gasteiger partial charge is 0.234 e. The van der Waals surface area contributed by atoms with Crippen LogP contribution in [0.25, 0.3) is 11.6 Å². The normalized spacial score (nSPS) is 17.6. The fraction of sp³-hybridized carbons (Fsp3) is 0.500. The quantitative estimate of drug-likeness (QED) is 0.446. The molecule has 3 heterocycles. The Bertz CT molecular complexity index is 1080. The molecular weight excluding hydrogens is 460 g/mol. The highest BCUT2D eigenvalue weighted by atomic mass is 32.2. The Morgan fingerprint density at radius 2 is 1.83 bits per heavy atom. The van der Waals surface area contributed by atoms with E-state index >= 15 is 0 Å². The Morgan fingerprint density at radius 1 is 1.06 bits per heavy atom. The number of rotatable bonds is 8. The van der Waals surface area contributed by atoms with Crippen molar-refractivity contribution in [2.75, 3.05) is 48.7 Å². The standard InChI is InChI=1S/C26H34N6O2S/c1-2-30-14-16-31(17-15-30)21-12-10-20(11-13-21)27-24(33)19-35-26-29-28-25(23-9-6-18-34-23)32(26)22-7-4-3-5-8-22/h6,9-13,18,22H,2-5,7-8,14-17,19H2,1H3,(H,27,33). The van der Waals surface area contributed by atoms with Gasteiger partial charge in [-0.15, -0.1) is 10.2 Å². The number of hydrogen-bond donors (Lipinski definition) is 1. The molecule has 1 aliphatic heterocycles. The van der Waals surface area contributed by atoms with E-state index in [2.05, 4.69) is 48.9 Å². The molecule has 1 saturated carbocycles. The molecule has 1 saturated heterocycles. The third-order valence-corrected chi connectivity index (χ3v) is 7.96. The summed E-state index contributed by atoms with van der Waals surface area (Å²) in [6.07, 6.45) is 7.54. The Balaban J connectivity index is 1.20. The van der Waals surface area contributed by atoms with E-state index in [9.17, 15) is 4.79 Å². The molecule has 186 valence electrons. The highest BCUT2D eigenvalue weighted by Crippen LogP contribution is 2.35. The van der Waals surface area contributed by atoms with Crippen LogP contribution in [-0.2, 0) is 4.79 Å². The molecule has 0 unspecified atom stereocenters. The van der Waals surface area contributed by atoms with Gasteiger partial charge in [0.05, 0.1) is 12.0 Å². The van der Waals surface area contributed by atoms with Gasteiger partial charge in [-0.2, -0.15) is 0 Å². The third kappa shape index (κ3) is 5.73. The fourth-order valence-electron chi connectivity index (χ4n) is 5.02. The fourth-order valence-corrected chi connectivity index (χ4v) is 5.83. The number of amides is 1. The third-order valence-electron chi connectivity index (χ3n) is 7.01. The summed E-state index contributed by atoms with van der Waals surface area (Å²) in [6.45, 7) is 7.59. The van der Waals surface area contributed by atoms with Gasteiger partial charge in [0.1, 0.15) is 0 Å². The Morgan fingerprint density at radius 3 is 2.51 bits per heavy atom. The molecule has 1 N–H and O–H groups in total. The molecule has 0 spiro atoms. The van der Waals surface area contributed by atoms with Crippen LogP contribution in [0.4, 0.5) is 11.4 Å². The Hall–Kier alpha value is -2.78. The first-order chi connectivity index (χ1) is 17.2. The van der Waals surface area contributed by atoms with Crippen LogP contribution in [0.15, 0.2) is 52.2 Å². The first-order valence-corrected chi connectivity index (χ1v) is 13.7. The molecule has 1 aromatic carbocycles. The molecule has 0 bridgehead atoms. The summed E-state index contributed by atoms with van der Waals surface area (Å²) in [5.74, 6) is 1.71. The van der Waals surface area contributed by atoms with Gasteiger partial charge < -0.3 is 19.5 Å². The summed E-state index contributed by atoms with van der Waals surface area (Å²) in [4.78, 5) is 17.6. The van der Waals surface area contributed by atoms with Gasteiger partial charge in [0.2, 0.25) is 11.7 Å². The number of carbonyl (C=O) groups is 1. The zero-order valence-corrected chi connectivity index (χ0v) is 21.2. The predicted molar refractivity (Wildman–Crippen MR) is 140 cm³/mol. The highest BCUT2D eigenvalue weighted by molar-refractivity contribution is 7.99. The first kappa shape index (κ1) is 23.9. The summed E-state index contributed by atoms with van der Waals surface area (Å²) in [5, 5.41) is 12.7. The molecule has 9 heteroatoms. The van der Waals surface area contributed by atoms with E-state index in [4.69, 9.17) is 4.42 Å². The minimum Gasteiger partial charge on any atom is -0.461 e. The second kappa shape index (κ2) is 11.3. The number of anilines is 2. The molecule has 8 nitrogen and oxygen atoms in total. The lowest BCUT2D eigenvalue weighted by atomic mass is 9.95. The average Bonchev–Trinajstić information content (AvgIpc) is 3.59. The molecule has 3 aromatic rings. The van der Waals surface area contributed by atoms with Crippen molar-refractivity contribution in [3.63, 3.8) is 0 Å². The number of benzene rings is 1. The lowest BCUT2D eigenvalue weighted by Crippen LogP contribution is -2.46. The van der Waals surface area contributed by atoms with Crippen LogP contribution in [0.3, 0.4) is 0 Å². The lowest BCUT2D eigenvalue weighted by molar-refractivity contribution is -0.113. The van der Waals surface area contributed by atoms with Crippen LogP contribution in [0.1, 0.15) is 45.1 Å². The molecule has 0 radical (unpaired) electrons. The van der Waals surface area contributed by atoms with Crippen molar-refractivity contribution in [2.45, 2.75) is 50.2 Å². The monoisotopic (exact) mass is 494 g/mol. The molecule has 2 fully saturated rings. The van der Waals surface area contributed by atoms with Gasteiger partial charge in [-0.1, -0.05) is 37.9 Å². The summed E-state index contributed by atoms with van der Waals surface area (Å²) < 4.78 is 7.80. The summed E-state index contributed by atoms with van der Waals surface area (Å²) in [7, 11) is 0. The van der Waals surface area contributed by atoms with Crippen molar-refractivity contribution in [1.29, 1.82) is 0 Å². The minimum atomic E-state index is -0.0444. The van der Waals surface area contributed by atoms with Gasteiger partial charge in [0.15, 0.2) is 10.9 Å². The van der Waals surface area contributed by atoms with Crippen molar-refractivity contribution in [3.05, 3.63) is 42.7 Å². The van der Waals surface area contributed by atoms with Crippen molar-refractivity contribution in [3.8, 4) is 11.6 Å². The number of aromatic nitrogens is 3. The zero-order chi connectivity index (χ0) is 24.0. The van der Waals surface area contributed by atoms with E-state index in [0.29, 0.717) is 6.04 Å². The minimum absolute atomic E-state index is 0.0444. The molecule has 1 aliphatic carbocycles. The molecule has 2 aromatic heterocycles. The maximum atomic E-state index is 12.7. The van der Waals surface area contributed by atoms with Gasteiger partial charge in [-0.05, 0) is 55.8 Å². The van der Waals surface area contributed by atoms with E-state index in [1.54, 1.807) is 6.26 Å². The Labute approximate surface area is 211 Å². The number of furan rings is 1. The summed E-state index contributed by atoms with van der Waals surface area (Å²) in [5.41, 5.74) is 2.02. The van der Waals surface area contributed by atoms with Crippen molar-refractivity contribution in [1.82, 2.24) is 19.7 Å². The van der Waals surface area contributed by atoms with Gasteiger partial charge in [-0.25, -0.2) is 0 Å². The van der Waals surface area contributed by atoms with E-state index in [1.807, 2.05) is 24.3 Å². The van der Waals surface area contributed by atoms with Crippen LogP contribution in [0, 0.1) is 0 Å². The number of hydrogen-bond acceptors (Lipinski definition) is 7. The van der Waals surface area contributed by atoms with Crippen LogP contribution in [0.5, 0.6) is 0 Å². The van der Waals surface area contributed by atoms with Crippen molar-refractivity contribution in [2.24, 2.45) is 0 Å². The number of piperazine rings is 1. The Kier molecular flexibility index (Phi) is 7.73. The SMILES string of the molecule is CCN1CCN(c2ccc(NC(=O)CSc3nnc(-c4ccco4)n3C3CCCCC3)cc2)CC1. The van der Waals surface area contributed by atoms with Gasteiger partial charge in [-0.3, -0.25) is 9.36 Å². The predicted octanol–water partition coefficient (Wildman–Crippen LogP) is 4.92. The maximum absolute atomic E-state index is 12.7. The molecule has 1 amide bonds. The maximum Gasteiger partial charge on any atom is 0.234 e. The van der Waals surface area contributed by atoms with Crippen molar-refractivity contribution >= 4 is 29.0 Å². The number of carbonyl (C=O) groups excluding carboxylic acids is 1.